The molecule has 4 aromatic rings. The summed E-state index contributed by atoms with van der Waals surface area (Å²) in [5.41, 5.74) is 2.39. The molecule has 6 nitrogen and oxygen atoms in total. The molecule has 8 bridgehead atoms. The van der Waals surface area contributed by atoms with Crippen molar-refractivity contribution in [2.45, 2.75) is 77.0 Å². The molecule has 0 spiro atoms. The Labute approximate surface area is 257 Å². The molecule has 8 fully saturated rings. The van der Waals surface area contributed by atoms with Crippen LogP contribution in [0.2, 0.25) is 0 Å². The van der Waals surface area contributed by atoms with Gasteiger partial charge in [0.25, 0.3) is 0 Å². The van der Waals surface area contributed by atoms with Crippen molar-refractivity contribution in [1.29, 1.82) is 0 Å². The molecule has 0 amide bonds. The molecular formula is C38H40N2O4. The molecule has 8 aliphatic carbocycles. The van der Waals surface area contributed by atoms with Gasteiger partial charge in [0.1, 0.15) is 11.4 Å². The molecule has 0 unspecified atom stereocenters. The van der Waals surface area contributed by atoms with Crippen LogP contribution in [0, 0.1) is 46.3 Å². The van der Waals surface area contributed by atoms with E-state index >= 15 is 0 Å². The molecule has 0 aliphatic heterocycles. The van der Waals surface area contributed by atoms with E-state index in [1.165, 1.54) is 38.5 Å². The highest BCUT2D eigenvalue weighted by atomic mass is 16.5. The van der Waals surface area contributed by atoms with Crippen LogP contribution in [0.1, 0.15) is 77.0 Å². The summed E-state index contributed by atoms with van der Waals surface area (Å²) in [4.78, 5) is 35.6. The quantitative estimate of drug-likeness (QED) is 0.229. The van der Waals surface area contributed by atoms with Gasteiger partial charge in [0.15, 0.2) is 11.5 Å². The highest BCUT2D eigenvalue weighted by molar-refractivity contribution is 6.02. The third-order valence-electron chi connectivity index (χ3n) is 12.9. The first-order valence-corrected chi connectivity index (χ1v) is 17.1. The summed E-state index contributed by atoms with van der Waals surface area (Å²) in [5, 5.41) is 1.75. The van der Waals surface area contributed by atoms with Crippen molar-refractivity contribution in [3.63, 3.8) is 0 Å². The lowest BCUT2D eigenvalue weighted by molar-refractivity contribution is -0.162. The summed E-state index contributed by atoms with van der Waals surface area (Å²) in [6, 6.07) is 16.0. The fraction of sp³-hybridized carbons (Fsp3) is 0.526. The number of hydrogen-bond donors (Lipinski definition) is 2. The number of aromatic nitrogens is 2. The minimum atomic E-state index is -0.376. The second kappa shape index (κ2) is 9.02. The smallest absolute Gasteiger partial charge is 0.317 e. The van der Waals surface area contributed by atoms with Crippen LogP contribution in [0.4, 0.5) is 0 Å². The minimum absolute atomic E-state index is 0.0779. The SMILES string of the molecule is O=C(Oc1c(-c2[nH]c3ccccc3c2OC(=O)C23CC4CC(CC(C4)C2)C3)[nH]c2ccccc12)C12CC3CC(CC(C3)C1)C2. The number of aromatic amines is 2. The topological polar surface area (TPSA) is 84.2 Å². The molecule has 2 N–H and O–H groups in total. The second-order valence-corrected chi connectivity index (χ2v) is 15.9. The van der Waals surface area contributed by atoms with Gasteiger partial charge in [-0.2, -0.15) is 0 Å². The average molecular weight is 589 g/mol. The normalized spacial score (nSPS) is 36.4. The van der Waals surface area contributed by atoms with Crippen molar-refractivity contribution in [2.75, 3.05) is 0 Å². The van der Waals surface area contributed by atoms with Crippen LogP contribution in [0.25, 0.3) is 33.2 Å². The van der Waals surface area contributed by atoms with Crippen molar-refractivity contribution in [3.05, 3.63) is 48.5 Å². The van der Waals surface area contributed by atoms with Crippen LogP contribution in [0.3, 0.4) is 0 Å². The molecule has 12 rings (SSSR count). The Balaban J connectivity index is 1.06. The number of benzene rings is 2. The summed E-state index contributed by atoms with van der Waals surface area (Å²) in [6.07, 6.45) is 13.4. The summed E-state index contributed by atoms with van der Waals surface area (Å²) in [6.45, 7) is 0. The Morgan fingerprint density at radius 3 is 1.18 bits per heavy atom. The zero-order valence-corrected chi connectivity index (χ0v) is 25.2. The maximum Gasteiger partial charge on any atom is 0.317 e. The van der Waals surface area contributed by atoms with Crippen molar-refractivity contribution in [3.8, 4) is 22.9 Å². The molecule has 6 heteroatoms. The van der Waals surface area contributed by atoms with Gasteiger partial charge in [-0.25, -0.2) is 0 Å². The van der Waals surface area contributed by atoms with Gasteiger partial charge in [-0.1, -0.05) is 24.3 Å². The molecule has 0 atom stereocenters. The van der Waals surface area contributed by atoms with Crippen LogP contribution < -0.4 is 9.47 Å². The first-order chi connectivity index (χ1) is 21.4. The van der Waals surface area contributed by atoms with E-state index in [9.17, 15) is 9.59 Å². The van der Waals surface area contributed by atoms with Gasteiger partial charge in [0.05, 0.1) is 10.8 Å². The van der Waals surface area contributed by atoms with E-state index < -0.39 is 0 Å². The summed E-state index contributed by atoms with van der Waals surface area (Å²) >= 11 is 0. The highest BCUT2D eigenvalue weighted by Crippen LogP contribution is 2.62. The lowest BCUT2D eigenvalue weighted by Crippen LogP contribution is -2.51. The van der Waals surface area contributed by atoms with Gasteiger partial charge in [-0.05, 0) is 137 Å². The standard InChI is InChI=1S/C38H40N2O4/c41-35(37-15-21-9-22(16-37)11-23(10-21)17-37)43-33-27-5-1-3-7-29(27)39-31(33)32-34(28-6-2-4-8-30(28)40-32)44-36(42)38-18-24-12-25(19-38)14-26(13-24)20-38/h1-8,21-26,39-40H,9-20H2. The molecular weight excluding hydrogens is 548 g/mol. The largest absolute Gasteiger partial charge is 0.423 e. The third kappa shape index (κ3) is 3.72. The van der Waals surface area contributed by atoms with E-state index in [4.69, 9.17) is 9.47 Å². The van der Waals surface area contributed by atoms with Crippen LogP contribution in [-0.2, 0) is 9.59 Å². The van der Waals surface area contributed by atoms with Crippen LogP contribution in [0.5, 0.6) is 11.5 Å². The molecule has 0 saturated heterocycles. The predicted molar refractivity (Wildman–Crippen MR) is 168 cm³/mol. The Morgan fingerprint density at radius 2 is 0.841 bits per heavy atom. The summed E-state index contributed by atoms with van der Waals surface area (Å²) in [5.74, 6) is 4.85. The number of para-hydroxylation sites is 2. The first-order valence-electron chi connectivity index (χ1n) is 17.1. The van der Waals surface area contributed by atoms with Gasteiger partial charge in [0.2, 0.25) is 0 Å². The lowest BCUT2D eigenvalue weighted by Gasteiger charge is -2.55. The predicted octanol–water partition coefficient (Wildman–Crippen LogP) is 8.56. The van der Waals surface area contributed by atoms with Gasteiger partial charge in [-0.3, -0.25) is 9.59 Å². The molecule has 2 aromatic heterocycles. The van der Waals surface area contributed by atoms with Crippen molar-refractivity contribution in [1.82, 2.24) is 9.97 Å². The Morgan fingerprint density at radius 1 is 0.523 bits per heavy atom. The first kappa shape index (κ1) is 25.8. The van der Waals surface area contributed by atoms with E-state index in [2.05, 4.69) is 9.97 Å². The Kier molecular flexibility index (Phi) is 5.28. The fourth-order valence-corrected chi connectivity index (χ4v) is 11.9. The number of fused-ring (bicyclic) bond motifs is 2. The maximum absolute atomic E-state index is 14.3. The highest BCUT2D eigenvalue weighted by Gasteiger charge is 2.57. The molecule has 44 heavy (non-hydrogen) atoms. The average Bonchev–Trinajstić information content (AvgIpc) is 3.54. The van der Waals surface area contributed by atoms with Crippen LogP contribution in [-0.4, -0.2) is 21.9 Å². The summed E-state index contributed by atoms with van der Waals surface area (Å²) in [7, 11) is 0. The van der Waals surface area contributed by atoms with E-state index in [1.54, 1.807) is 0 Å². The monoisotopic (exact) mass is 588 g/mol. The lowest BCUT2D eigenvalue weighted by atomic mass is 9.49. The van der Waals surface area contributed by atoms with Crippen molar-refractivity contribution >= 4 is 33.7 Å². The third-order valence-corrected chi connectivity index (χ3v) is 12.9. The fourth-order valence-electron chi connectivity index (χ4n) is 11.9. The van der Waals surface area contributed by atoms with E-state index in [0.29, 0.717) is 58.4 Å². The molecule has 8 saturated carbocycles. The van der Waals surface area contributed by atoms with Gasteiger partial charge >= 0.3 is 11.9 Å². The number of hydrogen-bond acceptors (Lipinski definition) is 4. The zero-order valence-electron chi connectivity index (χ0n) is 25.2. The number of nitrogens with one attached hydrogen (secondary N) is 2. The molecule has 8 aliphatic rings. The number of rotatable bonds is 5. The number of ether oxygens (including phenoxy) is 2. The molecule has 0 radical (unpaired) electrons. The zero-order chi connectivity index (χ0) is 29.2. The Bertz CT molecular complexity index is 1640. The van der Waals surface area contributed by atoms with Crippen LogP contribution >= 0.6 is 0 Å². The van der Waals surface area contributed by atoms with Crippen molar-refractivity contribution < 1.29 is 19.1 Å². The minimum Gasteiger partial charge on any atom is -0.423 e. The number of carbonyl (C=O) groups is 2. The summed E-state index contributed by atoms with van der Waals surface area (Å²) < 4.78 is 13.1. The van der Waals surface area contributed by atoms with E-state index in [1.807, 2.05) is 48.5 Å². The molecule has 2 heterocycles. The van der Waals surface area contributed by atoms with Gasteiger partial charge in [-0.15, -0.1) is 0 Å². The number of carbonyl (C=O) groups excluding carboxylic acids is 2. The maximum atomic E-state index is 14.3. The van der Waals surface area contributed by atoms with Crippen molar-refractivity contribution in [2.24, 2.45) is 46.3 Å². The second-order valence-electron chi connectivity index (χ2n) is 15.9. The van der Waals surface area contributed by atoms with Gasteiger partial charge < -0.3 is 19.4 Å². The Hall–Kier alpha value is -3.54. The van der Waals surface area contributed by atoms with E-state index in [-0.39, 0.29) is 22.8 Å². The molecule has 226 valence electrons. The van der Waals surface area contributed by atoms with E-state index in [0.717, 1.165) is 60.3 Å². The van der Waals surface area contributed by atoms with Gasteiger partial charge in [0, 0.05) is 21.8 Å². The molecule has 2 aromatic carbocycles. The number of H-pyrrole nitrogens is 2. The number of esters is 2. The van der Waals surface area contributed by atoms with Crippen LogP contribution in [0.15, 0.2) is 48.5 Å².